The van der Waals surface area contributed by atoms with Gasteiger partial charge in [0.15, 0.2) is 5.69 Å². The molecule has 0 atom stereocenters. The van der Waals surface area contributed by atoms with E-state index in [1.165, 1.54) is 0 Å². The summed E-state index contributed by atoms with van der Waals surface area (Å²) in [7, 11) is 0. The van der Waals surface area contributed by atoms with Crippen LogP contribution in [-0.2, 0) is 0 Å². The predicted octanol–water partition coefficient (Wildman–Crippen LogP) is 0.478. The number of hydrogen-bond acceptors (Lipinski definition) is 3. The average molecular weight is 169 g/mol. The molecule has 0 unspecified atom stereocenters. The molecule has 0 amide bonds. The molecule has 1 rings (SSSR count). The van der Waals surface area contributed by atoms with Crippen molar-refractivity contribution in [1.29, 1.82) is 0 Å². The second kappa shape index (κ2) is 3.00. The smallest absolute Gasteiger partial charge is 0.355 e. The molecule has 0 saturated carbocycles. The fourth-order valence-corrected chi connectivity index (χ4v) is 0.643. The molecule has 5 nitrogen and oxygen atoms in total. The van der Waals surface area contributed by atoms with Crippen LogP contribution in [0, 0.1) is 0 Å². The van der Waals surface area contributed by atoms with Crippen LogP contribution in [0.1, 0.15) is 23.6 Å². The molecule has 0 aliphatic rings. The van der Waals surface area contributed by atoms with E-state index in [-0.39, 0.29) is 0 Å². The van der Waals surface area contributed by atoms with Crippen molar-refractivity contribution < 1.29 is 22.5 Å². The summed E-state index contributed by atoms with van der Waals surface area (Å²) in [5.41, 5.74) is -1.48. The van der Waals surface area contributed by atoms with Gasteiger partial charge in [-0.15, -0.1) is 0 Å². The van der Waals surface area contributed by atoms with E-state index in [9.17, 15) is 9.59 Å². The standard InChI is InChI=1S/C7H5NO4/c9-6(10)4-2-1-3-8-5(4)7(11)12/h1-3H,(H,9,10)(H,11,12)/i2D,3D. The highest BCUT2D eigenvalue weighted by atomic mass is 16.4. The molecule has 1 aromatic rings. The molecule has 5 heteroatoms. The lowest BCUT2D eigenvalue weighted by atomic mass is 10.2. The van der Waals surface area contributed by atoms with Crippen LogP contribution in [-0.4, -0.2) is 27.1 Å². The number of nitrogens with zero attached hydrogens (tertiary/aromatic N) is 1. The van der Waals surface area contributed by atoms with Gasteiger partial charge in [-0.2, -0.15) is 0 Å². The van der Waals surface area contributed by atoms with Gasteiger partial charge in [-0.3, -0.25) is 0 Å². The highest BCUT2D eigenvalue weighted by molar-refractivity contribution is 5.99. The zero-order valence-corrected chi connectivity index (χ0v) is 5.74. The maximum Gasteiger partial charge on any atom is 0.355 e. The minimum atomic E-state index is -1.56. The minimum Gasteiger partial charge on any atom is -0.478 e. The van der Waals surface area contributed by atoms with E-state index in [1.54, 1.807) is 0 Å². The van der Waals surface area contributed by atoms with Crippen LogP contribution in [0.3, 0.4) is 0 Å². The van der Waals surface area contributed by atoms with E-state index in [1.807, 2.05) is 0 Å². The van der Waals surface area contributed by atoms with Gasteiger partial charge in [0.25, 0.3) is 0 Å². The fraction of sp³-hybridized carbons (Fsp3) is 0. The average Bonchev–Trinajstić information content (AvgIpc) is 2.01. The first-order valence-corrected chi connectivity index (χ1v) is 2.88. The molecular weight excluding hydrogens is 162 g/mol. The summed E-state index contributed by atoms with van der Waals surface area (Å²) in [6.07, 6.45) is -0.447. The van der Waals surface area contributed by atoms with Gasteiger partial charge in [0.1, 0.15) is 0 Å². The van der Waals surface area contributed by atoms with E-state index in [0.29, 0.717) is 0 Å². The Balaban J connectivity index is 3.52. The molecule has 62 valence electrons. The summed E-state index contributed by atoms with van der Waals surface area (Å²) in [5, 5.41) is 17.2. The molecule has 1 heterocycles. The number of pyridine rings is 1. The Morgan fingerprint density at radius 1 is 1.42 bits per heavy atom. The van der Waals surface area contributed by atoms with Crippen molar-refractivity contribution in [2.24, 2.45) is 0 Å². The molecule has 0 aliphatic carbocycles. The first-order valence-electron chi connectivity index (χ1n) is 3.88. The second-order valence-electron chi connectivity index (χ2n) is 1.86. The lowest BCUT2D eigenvalue weighted by Crippen LogP contribution is -2.09. The normalized spacial score (nSPS) is 11.7. The van der Waals surface area contributed by atoms with Gasteiger partial charge in [-0.25, -0.2) is 14.6 Å². The maximum atomic E-state index is 10.6. The van der Waals surface area contributed by atoms with Crippen LogP contribution < -0.4 is 0 Å². The van der Waals surface area contributed by atoms with Crippen LogP contribution in [0.15, 0.2) is 18.3 Å². The molecule has 12 heavy (non-hydrogen) atoms. The number of carbonyl (C=O) groups is 2. The van der Waals surface area contributed by atoms with Gasteiger partial charge in [-0.05, 0) is 12.1 Å². The summed E-state index contributed by atoms with van der Waals surface area (Å²) in [6.45, 7) is 0. The second-order valence-corrected chi connectivity index (χ2v) is 1.86. The first-order chi connectivity index (χ1) is 6.43. The van der Waals surface area contributed by atoms with Crippen LogP contribution in [0.25, 0.3) is 0 Å². The summed E-state index contributed by atoms with van der Waals surface area (Å²) in [6, 6.07) is 0.338. The number of carboxylic acids is 2. The van der Waals surface area contributed by atoms with Crippen molar-refractivity contribution in [1.82, 2.24) is 4.98 Å². The maximum absolute atomic E-state index is 10.6. The molecule has 0 aromatic carbocycles. The molecule has 0 bridgehead atoms. The van der Waals surface area contributed by atoms with E-state index >= 15 is 0 Å². The quantitative estimate of drug-likeness (QED) is 0.672. The molecule has 2 N–H and O–H groups in total. The molecule has 1 aromatic heterocycles. The van der Waals surface area contributed by atoms with Crippen molar-refractivity contribution >= 4 is 11.9 Å². The lowest BCUT2D eigenvalue weighted by molar-refractivity contribution is 0.0646. The summed E-state index contributed by atoms with van der Waals surface area (Å²) in [5.74, 6) is -3.11. The Hall–Kier alpha value is -1.91. The fourth-order valence-electron chi connectivity index (χ4n) is 0.643. The highest BCUT2D eigenvalue weighted by Gasteiger charge is 2.15. The topological polar surface area (TPSA) is 87.5 Å². The van der Waals surface area contributed by atoms with Crippen molar-refractivity contribution in [2.45, 2.75) is 0 Å². The van der Waals surface area contributed by atoms with Gasteiger partial charge in [-0.1, -0.05) is 0 Å². The zero-order valence-electron chi connectivity index (χ0n) is 7.74. The molecule has 0 fully saturated rings. The van der Waals surface area contributed by atoms with Crippen molar-refractivity contribution in [2.75, 3.05) is 0 Å². The van der Waals surface area contributed by atoms with E-state index < -0.39 is 35.4 Å². The van der Waals surface area contributed by atoms with E-state index in [0.717, 1.165) is 6.07 Å². The number of hydrogen-bond donors (Lipinski definition) is 2. The minimum absolute atomic E-state index is 0.447. The first kappa shape index (κ1) is 5.70. The monoisotopic (exact) mass is 169 g/mol. The van der Waals surface area contributed by atoms with Gasteiger partial charge < -0.3 is 10.2 Å². The van der Waals surface area contributed by atoms with Gasteiger partial charge in [0.05, 0.1) is 8.30 Å². The lowest BCUT2D eigenvalue weighted by Gasteiger charge is -1.97. The Morgan fingerprint density at radius 3 is 2.58 bits per heavy atom. The Bertz CT molecular complexity index is 418. The summed E-state index contributed by atoms with van der Waals surface area (Å²) < 4.78 is 14.2. The van der Waals surface area contributed by atoms with E-state index in [2.05, 4.69) is 4.98 Å². The largest absolute Gasteiger partial charge is 0.478 e. The number of rotatable bonds is 2. The summed E-state index contributed by atoms with van der Waals surface area (Å²) in [4.78, 5) is 24.3. The zero-order chi connectivity index (χ0) is 10.9. The molecule has 0 spiro atoms. The van der Waals surface area contributed by atoms with Gasteiger partial charge in [0, 0.05) is 6.17 Å². The number of aromatic carboxylic acids is 2. The third-order valence-corrected chi connectivity index (χ3v) is 1.11. The SMILES string of the molecule is [2H]c1cc([2H])c(C(=O)O)c(C(=O)O)n1. The Morgan fingerprint density at radius 2 is 2.08 bits per heavy atom. The van der Waals surface area contributed by atoms with Crippen LogP contribution in [0.2, 0.25) is 0 Å². The Kier molecular flexibility index (Phi) is 1.42. The van der Waals surface area contributed by atoms with E-state index in [4.69, 9.17) is 13.0 Å². The predicted molar refractivity (Wildman–Crippen MR) is 38.2 cm³/mol. The number of carboxylic acid groups (broad SMARTS) is 2. The molecule has 0 radical (unpaired) electrons. The van der Waals surface area contributed by atoms with Crippen LogP contribution >= 0.6 is 0 Å². The Labute approximate surface area is 70.1 Å². The van der Waals surface area contributed by atoms with Gasteiger partial charge in [0.2, 0.25) is 0 Å². The summed E-state index contributed by atoms with van der Waals surface area (Å²) >= 11 is 0. The van der Waals surface area contributed by atoms with Gasteiger partial charge >= 0.3 is 11.9 Å². The van der Waals surface area contributed by atoms with Crippen molar-refractivity contribution in [3.8, 4) is 0 Å². The highest BCUT2D eigenvalue weighted by Crippen LogP contribution is 2.04. The molecule has 0 aliphatic heterocycles. The third-order valence-electron chi connectivity index (χ3n) is 1.11. The third kappa shape index (κ3) is 1.39. The van der Waals surface area contributed by atoms with Crippen LogP contribution in [0.4, 0.5) is 0 Å². The van der Waals surface area contributed by atoms with Crippen molar-refractivity contribution in [3.63, 3.8) is 0 Å². The number of aromatic nitrogens is 1. The van der Waals surface area contributed by atoms with Crippen LogP contribution in [0.5, 0.6) is 0 Å². The molecular formula is C7H5NO4. The molecule has 0 saturated heterocycles. The van der Waals surface area contributed by atoms with Crippen molar-refractivity contribution in [3.05, 3.63) is 29.5 Å².